The Labute approximate surface area is 162 Å². The molecule has 1 saturated carbocycles. The van der Waals surface area contributed by atoms with E-state index in [1.165, 1.54) is 47.5 Å². The van der Waals surface area contributed by atoms with Crippen LogP contribution in [-0.2, 0) is 23.0 Å². The van der Waals surface area contributed by atoms with E-state index in [2.05, 4.69) is 35.2 Å². The second kappa shape index (κ2) is 7.38. The monoisotopic (exact) mass is 384 g/mol. The second-order valence-corrected chi connectivity index (χ2v) is 10.1. The summed E-state index contributed by atoms with van der Waals surface area (Å²) in [4.78, 5) is 2.99. The maximum atomic E-state index is 12.5. The molecule has 5 heteroatoms. The Morgan fingerprint density at radius 2 is 1.78 bits per heavy atom. The quantitative estimate of drug-likeness (QED) is 0.756. The minimum absolute atomic E-state index is 0.379. The van der Waals surface area contributed by atoms with E-state index in [4.69, 9.17) is 0 Å². The van der Waals surface area contributed by atoms with Gasteiger partial charge in [-0.15, -0.1) is 0 Å². The molecule has 27 heavy (non-hydrogen) atoms. The first-order valence-electron chi connectivity index (χ1n) is 9.82. The van der Waals surface area contributed by atoms with Gasteiger partial charge in [0.15, 0.2) is 0 Å². The molecule has 0 aliphatic heterocycles. The Morgan fingerprint density at radius 1 is 1.00 bits per heavy atom. The van der Waals surface area contributed by atoms with Gasteiger partial charge in [0.05, 0.1) is 4.90 Å². The van der Waals surface area contributed by atoms with Crippen molar-refractivity contribution in [2.75, 3.05) is 14.1 Å². The molecule has 0 bridgehead atoms. The molecule has 4 nitrogen and oxygen atoms in total. The molecule has 144 valence electrons. The highest BCUT2D eigenvalue weighted by Gasteiger charge is 2.36. The van der Waals surface area contributed by atoms with Crippen molar-refractivity contribution in [3.05, 3.63) is 65.2 Å². The Hall–Kier alpha value is -1.69. The summed E-state index contributed by atoms with van der Waals surface area (Å²) >= 11 is 0. The minimum Gasteiger partial charge on any atom is -0.289 e. The number of benzene rings is 2. The number of rotatable bonds is 6. The van der Waals surface area contributed by atoms with Crippen molar-refractivity contribution in [2.45, 2.75) is 55.6 Å². The number of nitrogens with zero attached hydrogens (tertiary/aromatic N) is 2. The van der Waals surface area contributed by atoms with Crippen LogP contribution in [0, 0.1) is 0 Å². The predicted octanol–water partition coefficient (Wildman–Crippen LogP) is 3.98. The zero-order valence-corrected chi connectivity index (χ0v) is 17.0. The van der Waals surface area contributed by atoms with E-state index < -0.39 is 10.0 Å². The van der Waals surface area contributed by atoms with Crippen LogP contribution in [-0.4, -0.2) is 37.8 Å². The van der Waals surface area contributed by atoms with Crippen LogP contribution in [0.3, 0.4) is 0 Å². The van der Waals surface area contributed by atoms with Gasteiger partial charge in [-0.2, -0.15) is 0 Å². The minimum atomic E-state index is -3.40. The topological polar surface area (TPSA) is 40.6 Å². The van der Waals surface area contributed by atoms with Gasteiger partial charge in [-0.25, -0.2) is 12.7 Å². The van der Waals surface area contributed by atoms with Crippen LogP contribution in [0.5, 0.6) is 0 Å². The highest BCUT2D eigenvalue weighted by molar-refractivity contribution is 7.89. The summed E-state index contributed by atoms with van der Waals surface area (Å²) < 4.78 is 26.3. The van der Waals surface area contributed by atoms with Crippen LogP contribution in [0.25, 0.3) is 0 Å². The van der Waals surface area contributed by atoms with E-state index in [1.54, 1.807) is 20.2 Å². The SMILES string of the molecule is CN(C)S(=O)(=O)c1cccc(CN(C2CC2)C2CCCc3ccccc32)c1. The normalized spacial score (nSPS) is 20.1. The number of fused-ring (bicyclic) bond motifs is 1. The van der Waals surface area contributed by atoms with E-state index in [0.717, 1.165) is 12.1 Å². The zero-order valence-electron chi connectivity index (χ0n) is 16.1. The van der Waals surface area contributed by atoms with Gasteiger partial charge in [0.1, 0.15) is 0 Å². The molecule has 1 fully saturated rings. The average Bonchev–Trinajstić information content (AvgIpc) is 3.51. The molecule has 2 aromatic carbocycles. The van der Waals surface area contributed by atoms with Gasteiger partial charge in [0.25, 0.3) is 0 Å². The molecular formula is C22H28N2O2S. The van der Waals surface area contributed by atoms with Crippen molar-refractivity contribution in [1.29, 1.82) is 0 Å². The molecule has 1 unspecified atom stereocenters. The third-order valence-electron chi connectivity index (χ3n) is 5.80. The van der Waals surface area contributed by atoms with E-state index >= 15 is 0 Å². The average molecular weight is 385 g/mol. The third-order valence-corrected chi connectivity index (χ3v) is 7.61. The summed E-state index contributed by atoms with van der Waals surface area (Å²) in [5, 5.41) is 0. The lowest BCUT2D eigenvalue weighted by Gasteiger charge is -2.36. The summed E-state index contributed by atoms with van der Waals surface area (Å²) in [6, 6.07) is 17.3. The largest absolute Gasteiger partial charge is 0.289 e. The van der Waals surface area contributed by atoms with Crippen LogP contribution in [0.15, 0.2) is 53.4 Å². The summed E-state index contributed by atoms with van der Waals surface area (Å²) in [6.07, 6.45) is 6.06. The van der Waals surface area contributed by atoms with Crippen molar-refractivity contribution in [3.8, 4) is 0 Å². The Balaban J connectivity index is 1.63. The summed E-state index contributed by atoms with van der Waals surface area (Å²) in [7, 11) is -0.237. The number of sulfonamides is 1. The zero-order chi connectivity index (χ0) is 19.0. The molecule has 0 aromatic heterocycles. The van der Waals surface area contributed by atoms with E-state index in [9.17, 15) is 8.42 Å². The van der Waals surface area contributed by atoms with Crippen LogP contribution in [0.1, 0.15) is 48.4 Å². The van der Waals surface area contributed by atoms with Crippen molar-refractivity contribution < 1.29 is 8.42 Å². The van der Waals surface area contributed by atoms with E-state index in [1.807, 2.05) is 12.1 Å². The molecule has 0 N–H and O–H groups in total. The first-order chi connectivity index (χ1) is 13.0. The standard InChI is InChI=1S/C22H28N2O2S/c1-23(2)27(25,26)20-10-5-7-17(15-20)16-24(19-13-14-19)22-12-6-9-18-8-3-4-11-21(18)22/h3-5,7-8,10-11,15,19,22H,6,9,12-14,16H2,1-2H3. The van der Waals surface area contributed by atoms with E-state index in [-0.39, 0.29) is 0 Å². The van der Waals surface area contributed by atoms with Crippen molar-refractivity contribution in [3.63, 3.8) is 0 Å². The Bertz CT molecular complexity index is 919. The summed E-state index contributed by atoms with van der Waals surface area (Å²) in [5.74, 6) is 0. The molecule has 0 saturated heterocycles. The Morgan fingerprint density at radius 3 is 2.52 bits per heavy atom. The van der Waals surface area contributed by atoms with Crippen molar-refractivity contribution in [1.82, 2.24) is 9.21 Å². The fraction of sp³-hybridized carbons (Fsp3) is 0.455. The molecule has 0 radical (unpaired) electrons. The second-order valence-electron chi connectivity index (χ2n) is 7.95. The maximum absolute atomic E-state index is 12.5. The van der Waals surface area contributed by atoms with Crippen molar-refractivity contribution >= 4 is 10.0 Å². The molecule has 2 aromatic rings. The van der Waals surface area contributed by atoms with Crippen molar-refractivity contribution in [2.24, 2.45) is 0 Å². The number of hydrogen-bond donors (Lipinski definition) is 0. The van der Waals surface area contributed by atoms with Crippen LogP contribution in [0.2, 0.25) is 0 Å². The fourth-order valence-electron chi connectivity index (χ4n) is 4.20. The van der Waals surface area contributed by atoms with Gasteiger partial charge in [0, 0.05) is 32.7 Å². The summed E-state index contributed by atoms with van der Waals surface area (Å²) in [6.45, 7) is 0.806. The highest BCUT2D eigenvalue weighted by atomic mass is 32.2. The molecule has 0 heterocycles. The molecular weight excluding hydrogens is 356 g/mol. The molecule has 0 spiro atoms. The molecule has 2 aliphatic carbocycles. The van der Waals surface area contributed by atoms with Gasteiger partial charge in [-0.3, -0.25) is 4.90 Å². The number of aryl methyl sites for hydroxylation is 1. The Kier molecular flexibility index (Phi) is 5.10. The van der Waals surface area contributed by atoms with Crippen LogP contribution in [0.4, 0.5) is 0 Å². The first kappa shape index (κ1) is 18.7. The molecule has 2 aliphatic rings. The maximum Gasteiger partial charge on any atom is 0.242 e. The number of hydrogen-bond acceptors (Lipinski definition) is 3. The fourth-order valence-corrected chi connectivity index (χ4v) is 5.17. The van der Waals surface area contributed by atoms with Gasteiger partial charge >= 0.3 is 0 Å². The van der Waals surface area contributed by atoms with Crippen LogP contribution < -0.4 is 0 Å². The molecule has 4 rings (SSSR count). The van der Waals surface area contributed by atoms with Gasteiger partial charge in [-0.05, 0) is 60.9 Å². The highest BCUT2D eigenvalue weighted by Crippen LogP contribution is 2.41. The summed E-state index contributed by atoms with van der Waals surface area (Å²) in [5.41, 5.74) is 4.02. The van der Waals surface area contributed by atoms with Crippen LogP contribution >= 0.6 is 0 Å². The lowest BCUT2D eigenvalue weighted by atomic mass is 9.86. The van der Waals surface area contributed by atoms with E-state index in [0.29, 0.717) is 17.0 Å². The predicted molar refractivity (Wildman–Crippen MR) is 108 cm³/mol. The van der Waals surface area contributed by atoms with Gasteiger partial charge in [0.2, 0.25) is 10.0 Å². The lowest BCUT2D eigenvalue weighted by Crippen LogP contribution is -2.33. The third kappa shape index (κ3) is 3.82. The molecule has 1 atom stereocenters. The first-order valence-corrected chi connectivity index (χ1v) is 11.3. The smallest absolute Gasteiger partial charge is 0.242 e. The van der Waals surface area contributed by atoms with Gasteiger partial charge < -0.3 is 0 Å². The molecule has 0 amide bonds. The lowest BCUT2D eigenvalue weighted by molar-refractivity contribution is 0.159. The van der Waals surface area contributed by atoms with Gasteiger partial charge in [-0.1, -0.05) is 36.4 Å².